The molecule has 1 atom stereocenters. The van der Waals surface area contributed by atoms with Gasteiger partial charge in [-0.15, -0.1) is 0 Å². The third kappa shape index (κ3) is 2.49. The second kappa shape index (κ2) is 5.98. The topological polar surface area (TPSA) is 21.1 Å². The number of nitrogens with zero attached hydrogens (tertiary/aromatic N) is 3. The van der Waals surface area contributed by atoms with Gasteiger partial charge in [0.15, 0.2) is 0 Å². The zero-order chi connectivity index (χ0) is 16.7. The van der Waals surface area contributed by atoms with Crippen LogP contribution in [0.1, 0.15) is 36.5 Å². The smallest absolute Gasteiger partial charge is 0.289 e. The maximum atomic E-state index is 13.7. The minimum Gasteiger partial charge on any atom is -0.289 e. The van der Waals surface area contributed by atoms with E-state index in [4.69, 9.17) is 0 Å². The highest BCUT2D eigenvalue weighted by Gasteiger charge is 2.27. The average Bonchev–Trinajstić information content (AvgIpc) is 3.00. The van der Waals surface area contributed by atoms with Crippen molar-refractivity contribution in [3.05, 3.63) is 65.5 Å². The molecule has 0 saturated heterocycles. The van der Waals surface area contributed by atoms with Crippen molar-refractivity contribution in [3.8, 4) is 0 Å². The first kappa shape index (κ1) is 15.3. The maximum absolute atomic E-state index is 13.7. The van der Waals surface area contributed by atoms with E-state index < -0.39 is 6.55 Å². The van der Waals surface area contributed by atoms with Crippen molar-refractivity contribution in [2.24, 2.45) is 0 Å². The van der Waals surface area contributed by atoms with Crippen LogP contribution >= 0.6 is 0 Å². The van der Waals surface area contributed by atoms with Gasteiger partial charge in [-0.2, -0.15) is 8.78 Å². The predicted molar refractivity (Wildman–Crippen MR) is 90.0 cm³/mol. The van der Waals surface area contributed by atoms with E-state index in [0.29, 0.717) is 16.9 Å². The Morgan fingerprint density at radius 2 is 1.71 bits per heavy atom. The van der Waals surface area contributed by atoms with Crippen molar-refractivity contribution in [2.45, 2.75) is 32.5 Å². The minimum atomic E-state index is -2.59. The Hall–Kier alpha value is -2.27. The molecule has 1 aromatic heterocycles. The van der Waals surface area contributed by atoms with Crippen LogP contribution in [0, 0.1) is 0 Å². The molecule has 3 nitrogen and oxygen atoms in total. The van der Waals surface area contributed by atoms with Gasteiger partial charge in [-0.05, 0) is 36.6 Å². The van der Waals surface area contributed by atoms with Crippen molar-refractivity contribution in [1.29, 1.82) is 0 Å². The summed E-state index contributed by atoms with van der Waals surface area (Å²) in [5.41, 5.74) is 3.74. The van der Waals surface area contributed by atoms with Crippen LogP contribution in [0.4, 0.5) is 8.78 Å². The molecule has 0 aliphatic carbocycles. The highest BCUT2D eigenvalue weighted by molar-refractivity contribution is 5.76. The number of para-hydroxylation sites is 2. The summed E-state index contributed by atoms with van der Waals surface area (Å²) in [7, 11) is 0. The molecule has 1 aliphatic heterocycles. The molecule has 0 N–H and O–H groups in total. The molecule has 0 unspecified atom stereocenters. The fraction of sp³-hybridized carbons (Fsp3) is 0.316. The number of hydrogen-bond donors (Lipinski definition) is 0. The molecule has 2 aromatic carbocycles. The summed E-state index contributed by atoms with van der Waals surface area (Å²) >= 11 is 0. The van der Waals surface area contributed by atoms with Crippen LogP contribution in [0.2, 0.25) is 0 Å². The van der Waals surface area contributed by atoms with Gasteiger partial charge in [0.2, 0.25) is 0 Å². The third-order valence-corrected chi connectivity index (χ3v) is 4.90. The van der Waals surface area contributed by atoms with Crippen LogP contribution < -0.4 is 0 Å². The van der Waals surface area contributed by atoms with E-state index in [1.807, 2.05) is 25.1 Å². The summed E-state index contributed by atoms with van der Waals surface area (Å²) in [6, 6.07) is 15.3. The van der Waals surface area contributed by atoms with Gasteiger partial charge < -0.3 is 0 Å². The Labute approximate surface area is 139 Å². The summed E-state index contributed by atoms with van der Waals surface area (Å²) < 4.78 is 28.4. The number of benzene rings is 2. The molecule has 4 rings (SSSR count). The monoisotopic (exact) mass is 327 g/mol. The van der Waals surface area contributed by atoms with E-state index in [1.54, 1.807) is 18.2 Å². The molecule has 0 amide bonds. The largest absolute Gasteiger partial charge is 0.320 e. The van der Waals surface area contributed by atoms with Gasteiger partial charge in [-0.1, -0.05) is 36.4 Å². The molecule has 0 fully saturated rings. The van der Waals surface area contributed by atoms with Gasteiger partial charge in [0.25, 0.3) is 0 Å². The van der Waals surface area contributed by atoms with Crippen LogP contribution in [-0.2, 0) is 13.0 Å². The van der Waals surface area contributed by atoms with Crippen LogP contribution in [0.25, 0.3) is 11.0 Å². The van der Waals surface area contributed by atoms with Crippen molar-refractivity contribution < 1.29 is 8.78 Å². The molecule has 3 aromatic rings. The molecule has 24 heavy (non-hydrogen) atoms. The zero-order valence-electron chi connectivity index (χ0n) is 13.5. The van der Waals surface area contributed by atoms with E-state index in [9.17, 15) is 8.78 Å². The lowest BCUT2D eigenvalue weighted by Crippen LogP contribution is -2.34. The lowest BCUT2D eigenvalue weighted by atomic mass is 9.99. The second-order valence-electron chi connectivity index (χ2n) is 6.27. The predicted octanol–water partition coefficient (Wildman–Crippen LogP) is 4.55. The van der Waals surface area contributed by atoms with Gasteiger partial charge in [-0.3, -0.25) is 9.47 Å². The second-order valence-corrected chi connectivity index (χ2v) is 6.27. The van der Waals surface area contributed by atoms with Gasteiger partial charge in [-0.25, -0.2) is 4.98 Å². The molecule has 0 radical (unpaired) electrons. The van der Waals surface area contributed by atoms with Crippen molar-refractivity contribution in [1.82, 2.24) is 14.5 Å². The van der Waals surface area contributed by atoms with E-state index in [1.165, 1.54) is 11.1 Å². The summed E-state index contributed by atoms with van der Waals surface area (Å²) in [6.07, 6.45) is 0.940. The SMILES string of the molecule is C[C@@H](c1nc2ccccc2n1C(F)F)N1CCc2ccccc2C1. The number of halogens is 2. The quantitative estimate of drug-likeness (QED) is 0.703. The third-order valence-electron chi connectivity index (χ3n) is 4.90. The first-order valence-electron chi connectivity index (χ1n) is 8.21. The molecule has 2 heterocycles. The van der Waals surface area contributed by atoms with E-state index in [2.05, 4.69) is 22.0 Å². The molecule has 0 spiro atoms. The number of fused-ring (bicyclic) bond motifs is 2. The van der Waals surface area contributed by atoms with Gasteiger partial charge >= 0.3 is 6.55 Å². The fourth-order valence-corrected chi connectivity index (χ4v) is 3.57. The van der Waals surface area contributed by atoms with Crippen LogP contribution in [0.5, 0.6) is 0 Å². The van der Waals surface area contributed by atoms with Crippen LogP contribution in [-0.4, -0.2) is 21.0 Å². The van der Waals surface area contributed by atoms with Gasteiger partial charge in [0.05, 0.1) is 17.1 Å². The van der Waals surface area contributed by atoms with E-state index in [-0.39, 0.29) is 6.04 Å². The Balaban J connectivity index is 1.71. The van der Waals surface area contributed by atoms with Crippen molar-refractivity contribution >= 4 is 11.0 Å². The molecule has 124 valence electrons. The Kier molecular flexibility index (Phi) is 3.81. The normalized spacial score (nSPS) is 16.5. The fourth-order valence-electron chi connectivity index (χ4n) is 3.57. The first-order chi connectivity index (χ1) is 11.6. The summed E-state index contributed by atoms with van der Waals surface area (Å²) in [4.78, 5) is 6.73. The average molecular weight is 327 g/mol. The number of imidazole rings is 1. The Morgan fingerprint density at radius 3 is 2.50 bits per heavy atom. The number of aromatic nitrogens is 2. The Bertz CT molecular complexity index is 872. The minimum absolute atomic E-state index is 0.167. The molecular formula is C19H19F2N3. The van der Waals surface area contributed by atoms with Gasteiger partial charge in [0.1, 0.15) is 5.82 Å². The van der Waals surface area contributed by atoms with Crippen LogP contribution in [0.15, 0.2) is 48.5 Å². The standard InChI is InChI=1S/C19H19F2N3/c1-13(23-11-10-14-6-2-3-7-15(14)12-23)18-22-16-8-4-5-9-17(16)24(18)19(20)21/h2-9,13,19H,10-12H2,1H3/t13-/m0/s1. The number of hydrogen-bond acceptors (Lipinski definition) is 2. The highest BCUT2D eigenvalue weighted by atomic mass is 19.3. The molecule has 0 bridgehead atoms. The summed E-state index contributed by atoms with van der Waals surface area (Å²) in [5.74, 6) is 0.436. The maximum Gasteiger partial charge on any atom is 0.320 e. The first-order valence-corrected chi connectivity index (χ1v) is 8.21. The Morgan fingerprint density at radius 1 is 1.00 bits per heavy atom. The number of alkyl halides is 2. The lowest BCUT2D eigenvalue weighted by Gasteiger charge is -2.33. The highest BCUT2D eigenvalue weighted by Crippen LogP contribution is 2.32. The molecule has 5 heteroatoms. The van der Waals surface area contributed by atoms with Crippen molar-refractivity contribution in [2.75, 3.05) is 6.54 Å². The molecule has 1 aliphatic rings. The van der Waals surface area contributed by atoms with E-state index >= 15 is 0 Å². The van der Waals surface area contributed by atoms with E-state index in [0.717, 1.165) is 24.1 Å². The number of rotatable bonds is 3. The lowest BCUT2D eigenvalue weighted by molar-refractivity contribution is 0.0635. The van der Waals surface area contributed by atoms with Gasteiger partial charge in [0, 0.05) is 13.1 Å². The van der Waals surface area contributed by atoms with Crippen molar-refractivity contribution in [3.63, 3.8) is 0 Å². The molecule has 0 saturated carbocycles. The summed E-state index contributed by atoms with van der Waals surface area (Å²) in [5, 5.41) is 0. The molecular weight excluding hydrogens is 308 g/mol. The van der Waals surface area contributed by atoms with Crippen LogP contribution in [0.3, 0.4) is 0 Å². The zero-order valence-corrected chi connectivity index (χ0v) is 13.5. The summed E-state index contributed by atoms with van der Waals surface area (Å²) in [6.45, 7) is 0.995.